The molecule has 0 amide bonds. The molecule has 0 bridgehead atoms. The van der Waals surface area contributed by atoms with Gasteiger partial charge in [0, 0.05) is 13.1 Å². The van der Waals surface area contributed by atoms with Crippen molar-refractivity contribution in [3.8, 4) is 5.75 Å². The molecule has 0 aliphatic carbocycles. The molecule has 1 heterocycles. The molecule has 0 spiro atoms. The predicted octanol–water partition coefficient (Wildman–Crippen LogP) is 3.41. The fourth-order valence-corrected chi connectivity index (χ4v) is 2.54. The quantitative estimate of drug-likeness (QED) is 0.858. The molecule has 1 fully saturated rings. The molecule has 3 rings (SSSR count). The summed E-state index contributed by atoms with van der Waals surface area (Å²) in [6, 6.07) is 16.7. The van der Waals surface area contributed by atoms with Crippen LogP contribution in [0.3, 0.4) is 0 Å². The number of benzene rings is 2. The first-order valence-corrected chi connectivity index (χ1v) is 7.43. The highest BCUT2D eigenvalue weighted by Crippen LogP contribution is 2.30. The van der Waals surface area contributed by atoms with Crippen molar-refractivity contribution < 1.29 is 9.47 Å². The zero-order chi connectivity index (χ0) is 14.5. The molecular weight excluding hydrogens is 262 g/mol. The molecule has 0 aromatic heterocycles. The molecular formula is C18H21NO2. The number of ether oxygens (including phenoxy) is 2. The van der Waals surface area contributed by atoms with E-state index in [4.69, 9.17) is 9.47 Å². The van der Waals surface area contributed by atoms with Crippen LogP contribution in [0.1, 0.15) is 11.1 Å². The number of hydrogen-bond donors (Lipinski definition) is 0. The van der Waals surface area contributed by atoms with E-state index in [2.05, 4.69) is 42.2 Å². The smallest absolute Gasteiger partial charge is 0.143 e. The summed E-state index contributed by atoms with van der Waals surface area (Å²) in [6.07, 6.45) is 0. The van der Waals surface area contributed by atoms with Crippen LogP contribution < -0.4 is 9.64 Å². The van der Waals surface area contributed by atoms with E-state index in [0.29, 0.717) is 6.61 Å². The maximum Gasteiger partial charge on any atom is 0.143 e. The van der Waals surface area contributed by atoms with Crippen molar-refractivity contribution in [2.45, 2.75) is 13.5 Å². The van der Waals surface area contributed by atoms with Gasteiger partial charge in [0.15, 0.2) is 0 Å². The van der Waals surface area contributed by atoms with Crippen molar-refractivity contribution in [2.24, 2.45) is 0 Å². The second kappa shape index (κ2) is 6.64. The summed E-state index contributed by atoms with van der Waals surface area (Å²) in [5, 5.41) is 0. The Morgan fingerprint density at radius 3 is 2.57 bits per heavy atom. The van der Waals surface area contributed by atoms with Gasteiger partial charge in [-0.3, -0.25) is 0 Å². The Hall–Kier alpha value is -2.00. The fraction of sp³-hybridized carbons (Fsp3) is 0.333. The van der Waals surface area contributed by atoms with Gasteiger partial charge in [-0.1, -0.05) is 36.4 Å². The summed E-state index contributed by atoms with van der Waals surface area (Å²) < 4.78 is 11.5. The highest BCUT2D eigenvalue weighted by molar-refractivity contribution is 5.60. The number of anilines is 1. The first-order valence-electron chi connectivity index (χ1n) is 7.43. The number of morpholine rings is 1. The van der Waals surface area contributed by atoms with Crippen LogP contribution in [0.25, 0.3) is 0 Å². The van der Waals surface area contributed by atoms with Crippen LogP contribution in [0.15, 0.2) is 48.5 Å². The predicted molar refractivity (Wildman–Crippen MR) is 85.0 cm³/mol. The van der Waals surface area contributed by atoms with Crippen molar-refractivity contribution >= 4 is 5.69 Å². The molecule has 2 aromatic rings. The van der Waals surface area contributed by atoms with E-state index in [1.165, 1.54) is 16.8 Å². The first-order chi connectivity index (χ1) is 10.3. The number of nitrogens with zero attached hydrogens (tertiary/aromatic N) is 1. The molecule has 1 saturated heterocycles. The third kappa shape index (κ3) is 3.56. The molecule has 3 heteroatoms. The number of hydrogen-bond acceptors (Lipinski definition) is 3. The van der Waals surface area contributed by atoms with Crippen molar-refractivity contribution in [1.29, 1.82) is 0 Å². The van der Waals surface area contributed by atoms with Gasteiger partial charge >= 0.3 is 0 Å². The van der Waals surface area contributed by atoms with Crippen LogP contribution in [-0.2, 0) is 11.3 Å². The minimum Gasteiger partial charge on any atom is -0.487 e. The van der Waals surface area contributed by atoms with Crippen LogP contribution in [0.2, 0.25) is 0 Å². The minimum absolute atomic E-state index is 0.599. The molecule has 2 aromatic carbocycles. The van der Waals surface area contributed by atoms with Gasteiger partial charge in [0.05, 0.1) is 18.9 Å². The largest absolute Gasteiger partial charge is 0.487 e. The van der Waals surface area contributed by atoms with E-state index in [1.807, 2.05) is 18.2 Å². The average molecular weight is 283 g/mol. The molecule has 1 aliphatic heterocycles. The summed E-state index contributed by atoms with van der Waals surface area (Å²) in [6.45, 7) is 6.10. The Bertz CT molecular complexity index is 577. The minimum atomic E-state index is 0.599. The van der Waals surface area contributed by atoms with E-state index >= 15 is 0 Å². The average Bonchev–Trinajstić information content (AvgIpc) is 2.55. The summed E-state index contributed by atoms with van der Waals surface area (Å²) in [5.41, 5.74) is 3.57. The van der Waals surface area contributed by atoms with Crippen molar-refractivity contribution in [3.05, 3.63) is 59.7 Å². The van der Waals surface area contributed by atoms with Gasteiger partial charge in [0.2, 0.25) is 0 Å². The maximum atomic E-state index is 6.07. The van der Waals surface area contributed by atoms with Crippen LogP contribution >= 0.6 is 0 Å². The van der Waals surface area contributed by atoms with Gasteiger partial charge < -0.3 is 14.4 Å². The van der Waals surface area contributed by atoms with Gasteiger partial charge in [-0.2, -0.15) is 0 Å². The third-order valence-electron chi connectivity index (χ3n) is 3.70. The Balaban J connectivity index is 1.77. The Kier molecular flexibility index (Phi) is 4.41. The molecule has 0 N–H and O–H groups in total. The van der Waals surface area contributed by atoms with E-state index in [0.717, 1.165) is 32.1 Å². The molecule has 0 atom stereocenters. The summed E-state index contributed by atoms with van der Waals surface area (Å²) in [7, 11) is 0. The van der Waals surface area contributed by atoms with Crippen LogP contribution in [0.4, 0.5) is 5.69 Å². The van der Waals surface area contributed by atoms with E-state index in [-0.39, 0.29) is 0 Å². The summed E-state index contributed by atoms with van der Waals surface area (Å²) in [5.74, 6) is 0.959. The van der Waals surface area contributed by atoms with E-state index in [1.54, 1.807) is 0 Å². The van der Waals surface area contributed by atoms with E-state index < -0.39 is 0 Å². The molecule has 0 saturated carbocycles. The second-order valence-electron chi connectivity index (χ2n) is 5.34. The lowest BCUT2D eigenvalue weighted by atomic mass is 10.2. The van der Waals surface area contributed by atoms with Crippen molar-refractivity contribution in [1.82, 2.24) is 0 Å². The topological polar surface area (TPSA) is 21.7 Å². The van der Waals surface area contributed by atoms with Crippen LogP contribution in [0.5, 0.6) is 5.75 Å². The Morgan fingerprint density at radius 1 is 1.05 bits per heavy atom. The first kappa shape index (κ1) is 14.0. The lowest BCUT2D eigenvalue weighted by Crippen LogP contribution is -2.36. The molecule has 3 nitrogen and oxygen atoms in total. The number of aryl methyl sites for hydroxylation is 1. The maximum absolute atomic E-state index is 6.07. The lowest BCUT2D eigenvalue weighted by Gasteiger charge is -2.30. The molecule has 21 heavy (non-hydrogen) atoms. The zero-order valence-corrected chi connectivity index (χ0v) is 12.4. The van der Waals surface area contributed by atoms with Gasteiger partial charge in [-0.15, -0.1) is 0 Å². The highest BCUT2D eigenvalue weighted by Gasteiger charge is 2.15. The Morgan fingerprint density at radius 2 is 1.81 bits per heavy atom. The van der Waals surface area contributed by atoms with E-state index in [9.17, 15) is 0 Å². The van der Waals surface area contributed by atoms with Crippen LogP contribution in [0, 0.1) is 6.92 Å². The molecule has 1 aliphatic rings. The monoisotopic (exact) mass is 283 g/mol. The van der Waals surface area contributed by atoms with Gasteiger partial charge in [0.25, 0.3) is 0 Å². The van der Waals surface area contributed by atoms with Gasteiger partial charge in [-0.05, 0) is 30.2 Å². The van der Waals surface area contributed by atoms with Crippen molar-refractivity contribution in [3.63, 3.8) is 0 Å². The van der Waals surface area contributed by atoms with Crippen LogP contribution in [-0.4, -0.2) is 26.3 Å². The highest BCUT2D eigenvalue weighted by atomic mass is 16.5. The zero-order valence-electron chi connectivity index (χ0n) is 12.4. The van der Waals surface area contributed by atoms with Gasteiger partial charge in [-0.25, -0.2) is 0 Å². The fourth-order valence-electron chi connectivity index (χ4n) is 2.54. The SMILES string of the molecule is Cc1ccc(N2CCOCC2)c(OCc2ccccc2)c1. The summed E-state index contributed by atoms with van der Waals surface area (Å²) >= 11 is 0. The normalized spacial score (nSPS) is 15.0. The van der Waals surface area contributed by atoms with Crippen molar-refractivity contribution in [2.75, 3.05) is 31.2 Å². The van der Waals surface area contributed by atoms with Gasteiger partial charge in [0.1, 0.15) is 12.4 Å². The molecule has 110 valence electrons. The molecule has 0 unspecified atom stereocenters. The summed E-state index contributed by atoms with van der Waals surface area (Å²) in [4.78, 5) is 2.34. The Labute approximate surface area is 126 Å². The number of rotatable bonds is 4. The standard InChI is InChI=1S/C18H21NO2/c1-15-7-8-17(19-9-11-20-12-10-19)18(13-15)21-14-16-5-3-2-4-6-16/h2-8,13H,9-12,14H2,1H3. The molecule has 0 radical (unpaired) electrons. The second-order valence-corrected chi connectivity index (χ2v) is 5.34. The lowest BCUT2D eigenvalue weighted by molar-refractivity contribution is 0.122. The third-order valence-corrected chi connectivity index (χ3v) is 3.70.